The third-order valence-electron chi connectivity index (χ3n) is 7.12. The topological polar surface area (TPSA) is 50.6 Å². The Balaban J connectivity index is 1.31. The van der Waals surface area contributed by atoms with Gasteiger partial charge in [0.15, 0.2) is 0 Å². The second-order valence-electron chi connectivity index (χ2n) is 9.74. The van der Waals surface area contributed by atoms with Crippen LogP contribution in [0.2, 0.25) is 0 Å². The molecule has 0 radical (unpaired) electrons. The van der Waals surface area contributed by atoms with E-state index in [2.05, 4.69) is 53.4 Å². The van der Waals surface area contributed by atoms with Gasteiger partial charge < -0.3 is 19.1 Å². The molecular weight excluding hydrogens is 412 g/mol. The Labute approximate surface area is 196 Å². The van der Waals surface area contributed by atoms with E-state index >= 15 is 0 Å². The van der Waals surface area contributed by atoms with Crippen LogP contribution in [0.25, 0.3) is 10.9 Å². The number of carbonyl (C=O) groups is 1. The van der Waals surface area contributed by atoms with Gasteiger partial charge in [0.25, 0.3) is 5.91 Å². The maximum atomic E-state index is 13.3. The molecule has 5 rings (SSSR count). The van der Waals surface area contributed by atoms with E-state index in [0.717, 1.165) is 66.9 Å². The molecule has 4 heterocycles. The van der Waals surface area contributed by atoms with Gasteiger partial charge in [0.2, 0.25) is 0 Å². The third-order valence-corrected chi connectivity index (χ3v) is 7.12. The van der Waals surface area contributed by atoms with Crippen LogP contribution in [0.4, 0.5) is 0 Å². The van der Waals surface area contributed by atoms with Gasteiger partial charge in [0, 0.05) is 67.5 Å². The zero-order valence-corrected chi connectivity index (χ0v) is 19.9. The second-order valence-corrected chi connectivity index (χ2v) is 9.74. The van der Waals surface area contributed by atoms with Crippen molar-refractivity contribution in [1.29, 1.82) is 0 Å². The first kappa shape index (κ1) is 22.0. The van der Waals surface area contributed by atoms with Crippen molar-refractivity contribution in [3.8, 4) is 5.75 Å². The Hall–Kier alpha value is -2.86. The highest BCUT2D eigenvalue weighted by Gasteiger charge is 2.30. The van der Waals surface area contributed by atoms with Crippen LogP contribution in [0.1, 0.15) is 55.8 Å². The summed E-state index contributed by atoms with van der Waals surface area (Å²) in [6.45, 7) is 10.3. The predicted molar refractivity (Wildman–Crippen MR) is 131 cm³/mol. The first-order valence-electron chi connectivity index (χ1n) is 12.2. The predicted octanol–water partition coefficient (Wildman–Crippen LogP) is 4.55. The lowest BCUT2D eigenvalue weighted by Gasteiger charge is -2.34. The Morgan fingerprint density at radius 2 is 1.94 bits per heavy atom. The van der Waals surface area contributed by atoms with Crippen LogP contribution in [-0.4, -0.2) is 63.6 Å². The fourth-order valence-electron chi connectivity index (χ4n) is 5.26. The first-order chi connectivity index (χ1) is 16.0. The molecule has 2 aromatic heterocycles. The Bertz CT molecular complexity index is 1120. The van der Waals surface area contributed by atoms with Gasteiger partial charge in [-0.3, -0.25) is 9.78 Å². The summed E-state index contributed by atoms with van der Waals surface area (Å²) in [5.74, 6) is 1.00. The van der Waals surface area contributed by atoms with Crippen LogP contribution in [0.15, 0.2) is 48.7 Å². The van der Waals surface area contributed by atoms with Gasteiger partial charge >= 0.3 is 0 Å². The summed E-state index contributed by atoms with van der Waals surface area (Å²) in [6.07, 6.45) is 4.96. The average molecular weight is 447 g/mol. The van der Waals surface area contributed by atoms with E-state index in [4.69, 9.17) is 4.74 Å². The number of benzene rings is 1. The van der Waals surface area contributed by atoms with Gasteiger partial charge in [0.05, 0.1) is 0 Å². The minimum absolute atomic E-state index is 0.101. The van der Waals surface area contributed by atoms with Crippen LogP contribution >= 0.6 is 0 Å². The molecule has 0 spiro atoms. The highest BCUT2D eigenvalue weighted by Crippen LogP contribution is 2.32. The van der Waals surface area contributed by atoms with Gasteiger partial charge in [0.1, 0.15) is 17.5 Å². The Morgan fingerprint density at radius 1 is 1.12 bits per heavy atom. The van der Waals surface area contributed by atoms with E-state index in [-0.39, 0.29) is 18.1 Å². The summed E-state index contributed by atoms with van der Waals surface area (Å²) in [7, 11) is 0. The number of amides is 1. The lowest BCUT2D eigenvalue weighted by molar-refractivity contribution is 0.0681. The summed E-state index contributed by atoms with van der Waals surface area (Å²) in [5.41, 5.74) is 2.90. The summed E-state index contributed by atoms with van der Waals surface area (Å²) < 4.78 is 8.54. The van der Waals surface area contributed by atoms with Crippen LogP contribution in [0, 0.1) is 0 Å². The molecule has 0 bridgehead atoms. The van der Waals surface area contributed by atoms with Crippen molar-refractivity contribution >= 4 is 16.8 Å². The number of hydrogen-bond acceptors (Lipinski definition) is 4. The highest BCUT2D eigenvalue weighted by atomic mass is 16.5. The maximum Gasteiger partial charge on any atom is 0.270 e. The molecule has 0 N–H and O–H groups in total. The quantitative estimate of drug-likeness (QED) is 0.558. The lowest BCUT2D eigenvalue weighted by atomic mass is 10.1. The maximum absolute atomic E-state index is 13.3. The van der Waals surface area contributed by atoms with Crippen molar-refractivity contribution in [1.82, 2.24) is 19.4 Å². The first-order valence-corrected chi connectivity index (χ1v) is 12.2. The van der Waals surface area contributed by atoms with E-state index in [0.29, 0.717) is 12.6 Å². The van der Waals surface area contributed by atoms with Crippen LogP contribution in [-0.2, 0) is 6.42 Å². The zero-order valence-electron chi connectivity index (χ0n) is 19.9. The van der Waals surface area contributed by atoms with Crippen molar-refractivity contribution < 1.29 is 9.53 Å². The number of hydrogen-bond donors (Lipinski definition) is 0. The van der Waals surface area contributed by atoms with E-state index in [9.17, 15) is 4.79 Å². The normalized spacial score (nSPS) is 19.9. The number of ether oxygens (including phenoxy) is 1. The van der Waals surface area contributed by atoms with E-state index in [1.165, 1.54) is 0 Å². The molecule has 1 saturated heterocycles. The van der Waals surface area contributed by atoms with E-state index in [1.807, 2.05) is 29.2 Å². The fourth-order valence-corrected chi connectivity index (χ4v) is 5.26. The molecule has 0 saturated carbocycles. The molecule has 1 atom stereocenters. The third kappa shape index (κ3) is 4.49. The van der Waals surface area contributed by atoms with E-state index in [1.54, 1.807) is 6.20 Å². The minimum atomic E-state index is 0.101. The van der Waals surface area contributed by atoms with Crippen molar-refractivity contribution in [2.24, 2.45) is 0 Å². The summed E-state index contributed by atoms with van der Waals surface area (Å²) >= 11 is 0. The number of piperidine rings is 1. The summed E-state index contributed by atoms with van der Waals surface area (Å²) in [6, 6.07) is 15.1. The molecule has 174 valence electrons. The molecule has 3 aromatic rings. The Kier molecular flexibility index (Phi) is 6.11. The van der Waals surface area contributed by atoms with Gasteiger partial charge in [-0.15, -0.1) is 0 Å². The highest BCUT2D eigenvalue weighted by molar-refractivity contribution is 6.00. The average Bonchev–Trinajstić information content (AvgIpc) is 3.21. The van der Waals surface area contributed by atoms with Crippen molar-refractivity contribution in [3.05, 3.63) is 60.0 Å². The summed E-state index contributed by atoms with van der Waals surface area (Å²) in [4.78, 5) is 22.2. The molecule has 1 fully saturated rings. The van der Waals surface area contributed by atoms with Crippen LogP contribution in [0.3, 0.4) is 0 Å². The number of rotatable bonds is 6. The molecule has 1 amide bonds. The SMILES string of the molecule is CC(C)N1CCC(Oc2ccc3c(c2)cc2n3[C@H](C)CN(CCc3ccccn3)C2=O)CC1. The number of fused-ring (bicyclic) bond motifs is 3. The fraction of sp³-hybridized carbons (Fsp3) is 0.481. The molecule has 6 nitrogen and oxygen atoms in total. The van der Waals surface area contributed by atoms with Crippen molar-refractivity contribution in [2.45, 2.75) is 58.2 Å². The number of aromatic nitrogens is 2. The number of nitrogens with zero attached hydrogens (tertiary/aromatic N) is 4. The summed E-state index contributed by atoms with van der Waals surface area (Å²) in [5, 5.41) is 1.08. The Morgan fingerprint density at radius 3 is 2.67 bits per heavy atom. The van der Waals surface area contributed by atoms with Crippen LogP contribution in [0.5, 0.6) is 5.75 Å². The molecule has 2 aliphatic rings. The molecule has 1 aromatic carbocycles. The molecule has 2 aliphatic heterocycles. The standard InChI is InChI=1S/C27H34N4O2/c1-19(2)29-14-10-23(11-15-29)33-24-7-8-25-21(16-24)17-26-27(32)30(18-20(3)31(25)26)13-9-22-6-4-5-12-28-22/h4-8,12,16-17,19-20,23H,9-11,13-15,18H2,1-3H3/t20-/m1/s1. The van der Waals surface area contributed by atoms with Gasteiger partial charge in [-0.1, -0.05) is 6.07 Å². The second kappa shape index (κ2) is 9.18. The number of likely N-dealkylation sites (tertiary alicyclic amines) is 1. The molecular formula is C27H34N4O2. The number of pyridine rings is 1. The molecule has 6 heteroatoms. The van der Waals surface area contributed by atoms with Crippen LogP contribution < -0.4 is 4.74 Å². The monoisotopic (exact) mass is 446 g/mol. The number of carbonyl (C=O) groups excluding carboxylic acids is 1. The van der Waals surface area contributed by atoms with E-state index < -0.39 is 0 Å². The molecule has 0 aliphatic carbocycles. The smallest absolute Gasteiger partial charge is 0.270 e. The van der Waals surface area contributed by atoms with Gasteiger partial charge in [-0.2, -0.15) is 0 Å². The lowest BCUT2D eigenvalue weighted by Crippen LogP contribution is -2.42. The molecule has 0 unspecified atom stereocenters. The van der Waals surface area contributed by atoms with Crippen molar-refractivity contribution in [2.75, 3.05) is 26.2 Å². The van der Waals surface area contributed by atoms with Crippen molar-refractivity contribution in [3.63, 3.8) is 0 Å². The molecule has 33 heavy (non-hydrogen) atoms. The largest absolute Gasteiger partial charge is 0.490 e. The van der Waals surface area contributed by atoms with Gasteiger partial charge in [-0.05, 0) is 70.0 Å². The van der Waals surface area contributed by atoms with Gasteiger partial charge in [-0.25, -0.2) is 0 Å². The minimum Gasteiger partial charge on any atom is -0.490 e. The zero-order chi connectivity index (χ0) is 22.9.